The van der Waals surface area contributed by atoms with E-state index in [1.807, 2.05) is 11.0 Å². The number of fused-ring (bicyclic) bond motifs is 1. The van der Waals surface area contributed by atoms with Crippen LogP contribution in [0, 0.1) is 11.3 Å². The van der Waals surface area contributed by atoms with Crippen LogP contribution in [-0.4, -0.2) is 77.0 Å². The monoisotopic (exact) mass is 566 g/mol. The molecule has 16 heteroatoms. The lowest BCUT2D eigenvalue weighted by molar-refractivity contribution is 0.0751. The highest BCUT2D eigenvalue weighted by Crippen LogP contribution is 2.38. The number of rotatable bonds is 7. The Kier molecular flexibility index (Phi) is 6.70. The van der Waals surface area contributed by atoms with Gasteiger partial charge in [-0.25, -0.2) is 26.5 Å². The highest BCUT2D eigenvalue weighted by Gasteiger charge is 2.47. The van der Waals surface area contributed by atoms with Gasteiger partial charge in [-0.05, 0) is 32.8 Å². The van der Waals surface area contributed by atoms with Gasteiger partial charge in [0.25, 0.3) is 6.43 Å². The summed E-state index contributed by atoms with van der Waals surface area (Å²) in [6.07, 6.45) is -1.24. The molecule has 0 spiro atoms. The molecular weight excluding hydrogens is 542 g/mol. The number of amides is 1. The summed E-state index contributed by atoms with van der Waals surface area (Å²) in [7, 11) is -4.12. The molecule has 1 aliphatic carbocycles. The molecule has 0 radical (unpaired) electrons. The van der Waals surface area contributed by atoms with Crippen molar-refractivity contribution in [2.45, 2.75) is 49.7 Å². The Morgan fingerprint density at radius 2 is 1.92 bits per heavy atom. The summed E-state index contributed by atoms with van der Waals surface area (Å²) in [4.78, 5) is 15.7. The van der Waals surface area contributed by atoms with Crippen LogP contribution in [0.2, 0.25) is 0 Å². The van der Waals surface area contributed by atoms with Gasteiger partial charge in [0.2, 0.25) is 10.0 Å². The van der Waals surface area contributed by atoms with Gasteiger partial charge < -0.3 is 14.5 Å². The number of carbonyl (C=O) groups is 1. The number of nitrogens with zero attached hydrogens (tertiary/aromatic N) is 7. The average Bonchev–Trinajstić information content (AvgIpc) is 3.26. The molecule has 1 saturated heterocycles. The Hall–Kier alpha value is -3.42. The van der Waals surface area contributed by atoms with Crippen LogP contribution in [0.3, 0.4) is 0 Å². The molecule has 5 rings (SSSR count). The van der Waals surface area contributed by atoms with Gasteiger partial charge in [-0.15, -0.1) is 10.2 Å². The molecule has 1 amide bonds. The van der Waals surface area contributed by atoms with Gasteiger partial charge in [0, 0.05) is 32.2 Å². The minimum absolute atomic E-state index is 0.108. The van der Waals surface area contributed by atoms with Crippen LogP contribution in [-0.2, 0) is 14.8 Å². The van der Waals surface area contributed by atoms with E-state index >= 15 is 0 Å². The Morgan fingerprint density at radius 3 is 2.50 bits per heavy atom. The Bertz CT molecular complexity index is 1520. The van der Waals surface area contributed by atoms with Crippen LogP contribution in [0.25, 0.3) is 16.1 Å². The van der Waals surface area contributed by atoms with E-state index in [1.54, 1.807) is 18.7 Å². The fourth-order valence-corrected chi connectivity index (χ4v) is 6.22. The number of hydrogen-bond donors (Lipinski definition) is 1. The van der Waals surface area contributed by atoms with Crippen molar-refractivity contribution in [1.82, 2.24) is 29.4 Å². The Morgan fingerprint density at radius 1 is 1.21 bits per heavy atom. The van der Waals surface area contributed by atoms with E-state index in [-0.39, 0.29) is 16.0 Å². The highest BCUT2D eigenvalue weighted by molar-refractivity contribution is 7.89. The van der Waals surface area contributed by atoms with Crippen LogP contribution in [0.1, 0.15) is 38.1 Å². The number of nitriles is 1. The van der Waals surface area contributed by atoms with Gasteiger partial charge >= 0.3 is 6.09 Å². The summed E-state index contributed by atoms with van der Waals surface area (Å²) in [5, 5.41) is 20.9. The fourth-order valence-electron chi connectivity index (χ4n) is 4.09. The largest absolute Gasteiger partial charge is 0.447 e. The third kappa shape index (κ3) is 5.00. The minimum Gasteiger partial charge on any atom is -0.447 e. The molecule has 1 aliphatic heterocycles. The van der Waals surface area contributed by atoms with E-state index in [0.29, 0.717) is 67.3 Å². The molecular formula is C22H24F2N8O4S2. The second-order valence-corrected chi connectivity index (χ2v) is 12.0. The molecule has 1 N–H and O–H groups in total. The summed E-state index contributed by atoms with van der Waals surface area (Å²) < 4.78 is 62.2. The summed E-state index contributed by atoms with van der Waals surface area (Å²) in [6.45, 7) is 4.93. The number of pyridine rings is 1. The van der Waals surface area contributed by atoms with E-state index < -0.39 is 33.1 Å². The number of hydrogen-bond acceptors (Lipinski definition) is 10. The maximum atomic E-state index is 13.3. The first-order chi connectivity index (χ1) is 18.0. The molecule has 4 heterocycles. The lowest BCUT2D eigenvalue weighted by Crippen LogP contribution is -2.49. The van der Waals surface area contributed by atoms with Gasteiger partial charge in [-0.1, -0.05) is 11.3 Å². The van der Waals surface area contributed by atoms with Crippen molar-refractivity contribution in [2.75, 3.05) is 31.1 Å². The van der Waals surface area contributed by atoms with E-state index in [9.17, 15) is 27.3 Å². The zero-order valence-electron chi connectivity index (χ0n) is 20.5. The van der Waals surface area contributed by atoms with Gasteiger partial charge in [0.15, 0.2) is 10.0 Å². The van der Waals surface area contributed by atoms with Gasteiger partial charge in [-0.2, -0.15) is 15.1 Å². The Balaban J connectivity index is 1.54. The quantitative estimate of drug-likeness (QED) is 0.456. The lowest BCUT2D eigenvalue weighted by Gasteiger charge is -2.35. The average molecular weight is 567 g/mol. The number of alkyl halides is 2. The zero-order chi connectivity index (χ0) is 27.2. The second kappa shape index (κ2) is 9.71. The van der Waals surface area contributed by atoms with Gasteiger partial charge in [-0.3, -0.25) is 0 Å². The van der Waals surface area contributed by atoms with E-state index in [4.69, 9.17) is 4.74 Å². The topological polar surface area (TPSA) is 146 Å². The van der Waals surface area contributed by atoms with E-state index in [2.05, 4.69) is 20.0 Å². The predicted octanol–water partition coefficient (Wildman–Crippen LogP) is 2.79. The summed E-state index contributed by atoms with van der Waals surface area (Å²) in [5.74, 6) is 0.423. The van der Waals surface area contributed by atoms with Gasteiger partial charge in [0.1, 0.15) is 11.4 Å². The summed E-state index contributed by atoms with van der Waals surface area (Å²) >= 11 is 0.695. The second-order valence-electron chi connectivity index (χ2n) is 9.36. The molecule has 0 aromatic carbocycles. The Labute approximate surface area is 220 Å². The lowest BCUT2D eigenvalue weighted by atomic mass is 10.2. The molecule has 3 aromatic rings. The van der Waals surface area contributed by atoms with Crippen molar-refractivity contribution in [3.05, 3.63) is 23.3 Å². The van der Waals surface area contributed by atoms with Crippen molar-refractivity contribution >= 4 is 38.8 Å². The first-order valence-electron chi connectivity index (χ1n) is 11.8. The minimum atomic E-state index is -4.12. The van der Waals surface area contributed by atoms with Crippen LogP contribution in [0.4, 0.5) is 19.4 Å². The number of aromatic nitrogens is 4. The van der Waals surface area contributed by atoms with Crippen molar-refractivity contribution in [1.29, 1.82) is 5.26 Å². The highest BCUT2D eigenvalue weighted by atomic mass is 32.2. The van der Waals surface area contributed by atoms with Gasteiger partial charge in [0.05, 0.1) is 34.3 Å². The predicted molar refractivity (Wildman–Crippen MR) is 132 cm³/mol. The normalized spacial score (nSPS) is 17.3. The summed E-state index contributed by atoms with van der Waals surface area (Å²) in [5.41, 5.74) is -0.473. The summed E-state index contributed by atoms with van der Waals surface area (Å²) in [6, 6.07) is 4.84. The van der Waals surface area contributed by atoms with E-state index in [1.165, 1.54) is 22.8 Å². The molecule has 202 valence electrons. The molecule has 3 aromatic heterocycles. The van der Waals surface area contributed by atoms with Crippen LogP contribution < -0.4 is 9.62 Å². The number of ether oxygens (including phenoxy) is 1. The number of halogens is 2. The van der Waals surface area contributed by atoms with Crippen molar-refractivity contribution in [3.8, 4) is 16.6 Å². The van der Waals surface area contributed by atoms with Crippen LogP contribution >= 0.6 is 11.3 Å². The fraction of sp³-hybridized carbons (Fsp3) is 0.500. The zero-order valence-corrected chi connectivity index (χ0v) is 22.1. The number of sulfonamides is 1. The SMILES string of the molecule is CC(C)OC(=O)N1CCN(c2cc(S(=O)(=O)NC3(C#N)CC3)cc3c(-c4nnc(C(F)F)s4)cnn23)CC1. The van der Waals surface area contributed by atoms with Crippen molar-refractivity contribution in [3.63, 3.8) is 0 Å². The molecule has 0 bridgehead atoms. The molecule has 1 saturated carbocycles. The first-order valence-corrected chi connectivity index (χ1v) is 14.1. The number of nitrogens with one attached hydrogen (secondary N) is 1. The maximum Gasteiger partial charge on any atom is 0.410 e. The third-order valence-corrected chi connectivity index (χ3v) is 8.71. The number of piperazine rings is 1. The maximum absolute atomic E-state index is 13.3. The van der Waals surface area contributed by atoms with E-state index in [0.717, 1.165) is 0 Å². The molecule has 0 unspecified atom stereocenters. The molecule has 2 fully saturated rings. The number of carbonyl (C=O) groups excluding carboxylic acids is 1. The third-order valence-electron chi connectivity index (χ3n) is 6.23. The van der Waals surface area contributed by atoms with Crippen LogP contribution in [0.15, 0.2) is 23.2 Å². The number of anilines is 1. The first kappa shape index (κ1) is 26.2. The molecule has 38 heavy (non-hydrogen) atoms. The standard InChI is InChI=1S/C22H24F2N8O4S2/c1-13(2)36-21(33)31-7-5-30(6-8-31)17-10-14(38(34,35)29-22(12-25)3-4-22)9-16-15(11-26-32(16)17)19-27-28-20(37-19)18(23)24/h9-11,13,18,29H,3-8H2,1-2H3. The molecule has 12 nitrogen and oxygen atoms in total. The smallest absolute Gasteiger partial charge is 0.410 e. The van der Waals surface area contributed by atoms with Crippen LogP contribution in [0.5, 0.6) is 0 Å². The van der Waals surface area contributed by atoms with Crippen molar-refractivity contribution in [2.24, 2.45) is 0 Å². The molecule has 0 atom stereocenters. The molecule has 2 aliphatic rings. The van der Waals surface area contributed by atoms with Crippen molar-refractivity contribution < 1.29 is 26.7 Å².